The second-order valence-electron chi connectivity index (χ2n) is 4.46. The van der Waals surface area contributed by atoms with Gasteiger partial charge in [-0.05, 0) is 30.7 Å². The van der Waals surface area contributed by atoms with Gasteiger partial charge in [0.1, 0.15) is 0 Å². The van der Waals surface area contributed by atoms with E-state index in [9.17, 15) is 9.18 Å². The predicted octanol–water partition coefficient (Wildman–Crippen LogP) is 0.936. The van der Waals surface area contributed by atoms with Crippen LogP contribution in [-0.4, -0.2) is 37.0 Å². The van der Waals surface area contributed by atoms with Crippen molar-refractivity contribution in [2.45, 2.75) is 18.9 Å². The molecule has 1 saturated heterocycles. The molecule has 1 aliphatic rings. The molecule has 1 aliphatic heterocycles. The summed E-state index contributed by atoms with van der Waals surface area (Å²) in [5.41, 5.74) is 6.24. The molecule has 0 radical (unpaired) electrons. The summed E-state index contributed by atoms with van der Waals surface area (Å²) in [5, 5.41) is 0. The Morgan fingerprint density at radius 2 is 2.33 bits per heavy atom. The molecule has 0 bridgehead atoms. The normalized spacial score (nSPS) is 19.4. The molecule has 2 rings (SSSR count). The number of ether oxygens (including phenoxy) is 1. The molecule has 0 aromatic heterocycles. The molecule has 98 valence electrons. The van der Waals surface area contributed by atoms with Crippen LogP contribution in [-0.2, 0) is 11.2 Å². The Kier molecular flexibility index (Phi) is 3.81. The van der Waals surface area contributed by atoms with Gasteiger partial charge < -0.3 is 15.4 Å². The van der Waals surface area contributed by atoms with E-state index in [-0.39, 0.29) is 11.7 Å². The van der Waals surface area contributed by atoms with E-state index in [1.165, 1.54) is 6.07 Å². The Morgan fingerprint density at radius 3 is 2.89 bits per heavy atom. The molecular weight excluding hydrogens is 235 g/mol. The first-order chi connectivity index (χ1) is 8.61. The number of carbonyl (C=O) groups excluding carboxylic acids is 1. The van der Waals surface area contributed by atoms with Gasteiger partial charge in [0.05, 0.1) is 0 Å². The van der Waals surface area contributed by atoms with Crippen molar-refractivity contribution in [3.8, 4) is 5.75 Å². The molecule has 1 amide bonds. The lowest BCUT2D eigenvalue weighted by Gasteiger charge is -2.14. The minimum atomic E-state index is -0.565. The topological polar surface area (TPSA) is 55.6 Å². The van der Waals surface area contributed by atoms with Crippen LogP contribution in [0.4, 0.5) is 4.39 Å². The molecule has 0 aliphatic carbocycles. The second kappa shape index (κ2) is 5.35. The first-order valence-electron chi connectivity index (χ1n) is 6.02. The lowest BCUT2D eigenvalue weighted by atomic mass is 10.1. The molecule has 5 heteroatoms. The Labute approximate surface area is 106 Å². The highest BCUT2D eigenvalue weighted by molar-refractivity contribution is 5.83. The van der Waals surface area contributed by atoms with E-state index in [4.69, 9.17) is 10.5 Å². The Bertz CT molecular complexity index is 451. The number of nitrogens with zero attached hydrogens (tertiary/aromatic N) is 1. The summed E-state index contributed by atoms with van der Waals surface area (Å²) in [5.74, 6) is -0.409. The van der Waals surface area contributed by atoms with E-state index >= 15 is 0 Å². The van der Waals surface area contributed by atoms with Crippen LogP contribution >= 0.6 is 0 Å². The maximum atomic E-state index is 13.8. The van der Waals surface area contributed by atoms with Crippen LogP contribution < -0.4 is 10.5 Å². The standard InChI is InChI=1S/C13H17FN2O2/c1-16-7-5-12(13(16)17)18-11-3-2-9(4-6-15)8-10(11)14/h2-3,8,12H,4-7,15H2,1H3. The van der Waals surface area contributed by atoms with Crippen molar-refractivity contribution in [1.82, 2.24) is 4.90 Å². The van der Waals surface area contributed by atoms with Gasteiger partial charge in [-0.1, -0.05) is 6.07 Å². The van der Waals surface area contributed by atoms with Gasteiger partial charge in [0, 0.05) is 20.0 Å². The largest absolute Gasteiger partial charge is 0.477 e. The maximum absolute atomic E-state index is 13.8. The van der Waals surface area contributed by atoms with Gasteiger partial charge in [-0.3, -0.25) is 4.79 Å². The zero-order valence-electron chi connectivity index (χ0n) is 10.4. The first kappa shape index (κ1) is 12.8. The average molecular weight is 252 g/mol. The van der Waals surface area contributed by atoms with Gasteiger partial charge in [0.15, 0.2) is 17.7 Å². The molecule has 0 saturated carbocycles. The van der Waals surface area contributed by atoms with Gasteiger partial charge >= 0.3 is 0 Å². The Hall–Kier alpha value is -1.62. The number of hydrogen-bond donors (Lipinski definition) is 1. The fourth-order valence-corrected chi connectivity index (χ4v) is 2.02. The van der Waals surface area contributed by atoms with E-state index in [0.717, 1.165) is 5.56 Å². The van der Waals surface area contributed by atoms with E-state index in [0.29, 0.717) is 25.9 Å². The summed E-state index contributed by atoms with van der Waals surface area (Å²) in [7, 11) is 1.71. The second-order valence-corrected chi connectivity index (χ2v) is 4.46. The zero-order valence-corrected chi connectivity index (χ0v) is 10.4. The molecule has 1 atom stereocenters. The molecule has 1 aromatic carbocycles. The third-order valence-corrected chi connectivity index (χ3v) is 3.08. The number of halogens is 1. The zero-order chi connectivity index (χ0) is 13.1. The van der Waals surface area contributed by atoms with Crippen molar-refractivity contribution in [3.63, 3.8) is 0 Å². The summed E-state index contributed by atoms with van der Waals surface area (Å²) < 4.78 is 19.2. The summed E-state index contributed by atoms with van der Waals surface area (Å²) in [4.78, 5) is 13.2. The summed E-state index contributed by atoms with van der Waals surface area (Å²) in [6, 6.07) is 4.74. The number of carbonyl (C=O) groups is 1. The van der Waals surface area contributed by atoms with Gasteiger partial charge in [-0.2, -0.15) is 0 Å². The van der Waals surface area contributed by atoms with E-state index in [1.54, 1.807) is 24.1 Å². The molecule has 2 N–H and O–H groups in total. The molecule has 1 unspecified atom stereocenters. The van der Waals surface area contributed by atoms with Crippen molar-refractivity contribution in [3.05, 3.63) is 29.6 Å². The molecule has 1 heterocycles. The van der Waals surface area contributed by atoms with Crippen molar-refractivity contribution >= 4 is 5.91 Å². The highest BCUT2D eigenvalue weighted by atomic mass is 19.1. The van der Waals surface area contributed by atoms with Crippen LogP contribution in [0.5, 0.6) is 5.75 Å². The fourth-order valence-electron chi connectivity index (χ4n) is 2.02. The highest BCUT2D eigenvalue weighted by Gasteiger charge is 2.31. The number of amides is 1. The van der Waals surface area contributed by atoms with Gasteiger partial charge in [0.25, 0.3) is 5.91 Å². The number of rotatable bonds is 4. The molecule has 0 spiro atoms. The molecule has 18 heavy (non-hydrogen) atoms. The molecule has 1 aromatic rings. The van der Waals surface area contributed by atoms with E-state index < -0.39 is 11.9 Å². The van der Waals surface area contributed by atoms with Crippen LogP contribution in [0.15, 0.2) is 18.2 Å². The SMILES string of the molecule is CN1CCC(Oc2ccc(CCN)cc2F)C1=O. The number of likely N-dealkylation sites (tertiary alicyclic amines) is 1. The van der Waals surface area contributed by atoms with Crippen LogP contribution in [0.25, 0.3) is 0 Å². The van der Waals surface area contributed by atoms with Crippen molar-refractivity contribution in [1.29, 1.82) is 0 Å². The van der Waals surface area contributed by atoms with E-state index in [2.05, 4.69) is 0 Å². The van der Waals surface area contributed by atoms with Crippen molar-refractivity contribution < 1.29 is 13.9 Å². The smallest absolute Gasteiger partial charge is 0.263 e. The van der Waals surface area contributed by atoms with Crippen molar-refractivity contribution in [2.24, 2.45) is 5.73 Å². The van der Waals surface area contributed by atoms with Gasteiger partial charge in [-0.15, -0.1) is 0 Å². The number of hydrogen-bond acceptors (Lipinski definition) is 3. The lowest BCUT2D eigenvalue weighted by molar-refractivity contribution is -0.132. The average Bonchev–Trinajstić information content (AvgIpc) is 2.65. The molecular formula is C13H17FN2O2. The number of nitrogens with two attached hydrogens (primary N) is 1. The highest BCUT2D eigenvalue weighted by Crippen LogP contribution is 2.23. The van der Waals surface area contributed by atoms with Crippen LogP contribution in [0.3, 0.4) is 0 Å². The lowest BCUT2D eigenvalue weighted by Crippen LogP contribution is -2.29. The third kappa shape index (κ3) is 2.61. The van der Waals surface area contributed by atoms with Crippen LogP contribution in [0, 0.1) is 5.82 Å². The maximum Gasteiger partial charge on any atom is 0.263 e. The summed E-state index contributed by atoms with van der Waals surface area (Å²) in [6.07, 6.45) is 0.659. The van der Waals surface area contributed by atoms with Gasteiger partial charge in [0.2, 0.25) is 0 Å². The minimum absolute atomic E-state index is 0.0968. The van der Waals surface area contributed by atoms with Crippen molar-refractivity contribution in [2.75, 3.05) is 20.1 Å². The summed E-state index contributed by atoms with van der Waals surface area (Å²) in [6.45, 7) is 1.13. The molecule has 4 nitrogen and oxygen atoms in total. The van der Waals surface area contributed by atoms with Crippen LogP contribution in [0.2, 0.25) is 0 Å². The Morgan fingerprint density at radius 1 is 1.56 bits per heavy atom. The minimum Gasteiger partial charge on any atom is -0.477 e. The third-order valence-electron chi connectivity index (χ3n) is 3.08. The fraction of sp³-hybridized carbons (Fsp3) is 0.462. The van der Waals surface area contributed by atoms with Gasteiger partial charge in [-0.25, -0.2) is 4.39 Å². The number of likely N-dealkylation sites (N-methyl/N-ethyl adjacent to an activating group) is 1. The first-order valence-corrected chi connectivity index (χ1v) is 6.02. The summed E-state index contributed by atoms with van der Waals surface area (Å²) >= 11 is 0. The number of benzene rings is 1. The van der Waals surface area contributed by atoms with Crippen LogP contribution in [0.1, 0.15) is 12.0 Å². The molecule has 1 fully saturated rings. The van der Waals surface area contributed by atoms with E-state index in [1.807, 2.05) is 0 Å². The monoisotopic (exact) mass is 252 g/mol. The Balaban J connectivity index is 2.08. The predicted molar refractivity (Wildman–Crippen MR) is 65.8 cm³/mol. The quantitative estimate of drug-likeness (QED) is 0.867.